The van der Waals surface area contributed by atoms with Crippen molar-refractivity contribution in [2.45, 2.75) is 33.2 Å². The molecule has 4 nitrogen and oxygen atoms in total. The minimum Gasteiger partial charge on any atom is -0.303 e. The van der Waals surface area contributed by atoms with Crippen LogP contribution in [0.15, 0.2) is 17.5 Å². The van der Waals surface area contributed by atoms with Gasteiger partial charge in [0.05, 0.1) is 15.7 Å². The number of hydrogen-bond donors (Lipinski definition) is 0. The number of carbonyl (C=O) groups excluding carboxylic acids is 1. The first-order valence-electron chi connectivity index (χ1n) is 8.03. The molecular weight excluding hydrogens is 326 g/mol. The van der Waals surface area contributed by atoms with E-state index in [-0.39, 0.29) is 5.41 Å². The van der Waals surface area contributed by atoms with Crippen molar-refractivity contribution in [1.29, 1.82) is 0 Å². The third kappa shape index (κ3) is 2.95. The summed E-state index contributed by atoms with van der Waals surface area (Å²) in [4.78, 5) is 22.8. The summed E-state index contributed by atoms with van der Waals surface area (Å²) in [6.07, 6.45) is 1.80. The summed E-state index contributed by atoms with van der Waals surface area (Å²) in [6, 6.07) is 4.19. The molecule has 0 bridgehead atoms. The molecule has 2 aliphatic rings. The fraction of sp³-hybridized carbons (Fsp3) is 0.529. The fourth-order valence-electron chi connectivity index (χ4n) is 3.81. The van der Waals surface area contributed by atoms with Gasteiger partial charge < -0.3 is 4.90 Å². The van der Waals surface area contributed by atoms with Crippen LogP contribution < -0.4 is 4.90 Å². The van der Waals surface area contributed by atoms with Crippen LogP contribution in [0, 0.1) is 19.3 Å². The summed E-state index contributed by atoms with van der Waals surface area (Å²) in [5, 5.41) is 4.39. The molecule has 4 rings (SSSR count). The van der Waals surface area contributed by atoms with E-state index in [9.17, 15) is 4.79 Å². The quantitative estimate of drug-likeness (QED) is 0.853. The van der Waals surface area contributed by atoms with E-state index in [1.165, 1.54) is 10.6 Å². The molecule has 0 radical (unpaired) electrons. The van der Waals surface area contributed by atoms with Crippen molar-refractivity contribution in [3.63, 3.8) is 0 Å². The van der Waals surface area contributed by atoms with Crippen molar-refractivity contribution in [3.8, 4) is 0 Å². The van der Waals surface area contributed by atoms with Crippen LogP contribution >= 0.6 is 22.7 Å². The lowest BCUT2D eigenvalue weighted by molar-refractivity contribution is -0.117. The molecule has 23 heavy (non-hydrogen) atoms. The van der Waals surface area contributed by atoms with Crippen LogP contribution in [0.3, 0.4) is 0 Å². The summed E-state index contributed by atoms with van der Waals surface area (Å²) in [5.74, 6) is 0.290. The molecule has 2 aliphatic heterocycles. The van der Waals surface area contributed by atoms with E-state index in [2.05, 4.69) is 41.2 Å². The van der Waals surface area contributed by atoms with Crippen molar-refractivity contribution < 1.29 is 4.79 Å². The molecule has 1 atom stereocenters. The van der Waals surface area contributed by atoms with E-state index in [1.807, 2.05) is 4.90 Å². The van der Waals surface area contributed by atoms with E-state index in [0.717, 1.165) is 42.6 Å². The maximum absolute atomic E-state index is 12.5. The lowest BCUT2D eigenvalue weighted by Gasteiger charge is -2.23. The fourth-order valence-corrected chi connectivity index (χ4v) is 5.29. The Hall–Kier alpha value is -1.24. The van der Waals surface area contributed by atoms with Gasteiger partial charge in [-0.1, -0.05) is 0 Å². The predicted octanol–water partition coefficient (Wildman–Crippen LogP) is 3.45. The van der Waals surface area contributed by atoms with Crippen LogP contribution in [-0.2, 0) is 11.3 Å². The van der Waals surface area contributed by atoms with Crippen molar-refractivity contribution >= 4 is 33.6 Å². The van der Waals surface area contributed by atoms with Gasteiger partial charge in [-0.15, -0.1) is 22.7 Å². The first kappa shape index (κ1) is 15.3. The normalized spacial score (nSPS) is 25.1. The first-order chi connectivity index (χ1) is 11.0. The minimum atomic E-state index is 0.139. The van der Waals surface area contributed by atoms with Crippen LogP contribution in [-0.4, -0.2) is 35.4 Å². The lowest BCUT2D eigenvalue weighted by atomic mass is 9.86. The van der Waals surface area contributed by atoms with Crippen LogP contribution in [0.2, 0.25) is 0 Å². The van der Waals surface area contributed by atoms with Gasteiger partial charge in [0.15, 0.2) is 0 Å². The standard InChI is InChI=1S/C17H21N3OS2/c1-12-3-4-16(23-12)20-11-17(7-15(20)21)5-6-19(10-17)8-14-9-22-13(2)18-14/h3-4,9H,5-8,10-11H2,1-2H3/t17-/m1/s1. The van der Waals surface area contributed by atoms with Gasteiger partial charge in [0, 0.05) is 41.7 Å². The average Bonchev–Trinajstić information content (AvgIpc) is 3.23. The minimum absolute atomic E-state index is 0.139. The van der Waals surface area contributed by atoms with Gasteiger partial charge in [-0.25, -0.2) is 4.98 Å². The highest BCUT2D eigenvalue weighted by molar-refractivity contribution is 7.16. The molecule has 0 N–H and O–H groups in total. The van der Waals surface area contributed by atoms with Gasteiger partial charge in [-0.3, -0.25) is 9.69 Å². The van der Waals surface area contributed by atoms with Crippen molar-refractivity contribution in [1.82, 2.24) is 9.88 Å². The number of aromatic nitrogens is 1. The number of carbonyl (C=O) groups is 1. The van der Waals surface area contributed by atoms with Gasteiger partial charge in [-0.05, 0) is 38.9 Å². The van der Waals surface area contributed by atoms with Crippen LogP contribution in [0.5, 0.6) is 0 Å². The van der Waals surface area contributed by atoms with E-state index >= 15 is 0 Å². The Bertz CT molecular complexity index is 738. The second-order valence-electron chi connectivity index (χ2n) is 6.86. The monoisotopic (exact) mass is 347 g/mol. The first-order valence-corrected chi connectivity index (χ1v) is 9.73. The molecule has 2 aromatic heterocycles. The molecule has 0 aliphatic carbocycles. The Kier molecular flexibility index (Phi) is 3.78. The van der Waals surface area contributed by atoms with Gasteiger partial charge in [0.25, 0.3) is 0 Å². The number of anilines is 1. The number of thiophene rings is 1. The maximum Gasteiger partial charge on any atom is 0.228 e. The van der Waals surface area contributed by atoms with Crippen LogP contribution in [0.4, 0.5) is 5.00 Å². The molecule has 4 heterocycles. The average molecular weight is 348 g/mol. The highest BCUT2D eigenvalue weighted by Gasteiger charge is 2.48. The SMILES string of the molecule is Cc1ccc(N2C[C@]3(CCN(Cc4csc(C)n4)C3)CC2=O)s1. The zero-order valence-electron chi connectivity index (χ0n) is 13.5. The Balaban J connectivity index is 1.45. The highest BCUT2D eigenvalue weighted by atomic mass is 32.1. The number of rotatable bonds is 3. The molecule has 122 valence electrons. The van der Waals surface area contributed by atoms with Crippen LogP contribution in [0.1, 0.15) is 28.4 Å². The Morgan fingerprint density at radius 1 is 1.30 bits per heavy atom. The molecule has 2 saturated heterocycles. The van der Waals surface area contributed by atoms with Gasteiger partial charge in [0.1, 0.15) is 0 Å². The molecule has 2 aromatic rings. The second-order valence-corrected chi connectivity index (χ2v) is 9.19. The van der Waals surface area contributed by atoms with Gasteiger partial charge >= 0.3 is 0 Å². The Morgan fingerprint density at radius 2 is 2.17 bits per heavy atom. The summed E-state index contributed by atoms with van der Waals surface area (Å²) in [5.41, 5.74) is 1.31. The molecule has 0 aromatic carbocycles. The zero-order chi connectivity index (χ0) is 16.0. The maximum atomic E-state index is 12.5. The number of aryl methyl sites for hydroxylation is 2. The third-order valence-corrected chi connectivity index (χ3v) is 6.73. The van der Waals surface area contributed by atoms with Crippen LogP contribution in [0.25, 0.3) is 0 Å². The lowest BCUT2D eigenvalue weighted by Crippen LogP contribution is -2.30. The number of thiazole rings is 1. The summed E-state index contributed by atoms with van der Waals surface area (Å²) in [6.45, 7) is 8.02. The van der Waals surface area contributed by atoms with Crippen molar-refractivity contribution in [2.75, 3.05) is 24.5 Å². The molecule has 1 spiro atoms. The number of nitrogens with zero attached hydrogens (tertiary/aromatic N) is 3. The summed E-state index contributed by atoms with van der Waals surface area (Å²) in [7, 11) is 0. The van der Waals surface area contributed by atoms with E-state index in [4.69, 9.17) is 0 Å². The number of hydrogen-bond acceptors (Lipinski definition) is 5. The van der Waals surface area contributed by atoms with Crippen molar-refractivity contribution in [2.24, 2.45) is 5.41 Å². The van der Waals surface area contributed by atoms with E-state index < -0.39 is 0 Å². The summed E-state index contributed by atoms with van der Waals surface area (Å²) >= 11 is 3.43. The van der Waals surface area contributed by atoms with Gasteiger partial charge in [0.2, 0.25) is 5.91 Å². The molecule has 0 saturated carbocycles. The topological polar surface area (TPSA) is 36.4 Å². The molecule has 0 unspecified atom stereocenters. The number of likely N-dealkylation sites (tertiary alicyclic amines) is 1. The molecule has 2 fully saturated rings. The predicted molar refractivity (Wildman–Crippen MR) is 95.2 cm³/mol. The Morgan fingerprint density at radius 3 is 2.87 bits per heavy atom. The number of amides is 1. The highest BCUT2D eigenvalue weighted by Crippen LogP contribution is 2.43. The van der Waals surface area contributed by atoms with E-state index in [1.54, 1.807) is 22.7 Å². The molecule has 6 heteroatoms. The molecule has 1 amide bonds. The molecular formula is C17H21N3OS2. The second kappa shape index (κ2) is 5.69. The smallest absolute Gasteiger partial charge is 0.228 e. The third-order valence-electron chi connectivity index (χ3n) is 4.88. The van der Waals surface area contributed by atoms with Gasteiger partial charge in [-0.2, -0.15) is 0 Å². The van der Waals surface area contributed by atoms with Crippen molar-refractivity contribution in [3.05, 3.63) is 33.1 Å². The summed E-state index contributed by atoms with van der Waals surface area (Å²) < 4.78 is 0. The zero-order valence-corrected chi connectivity index (χ0v) is 15.2. The van der Waals surface area contributed by atoms with E-state index in [0.29, 0.717) is 12.3 Å². The largest absolute Gasteiger partial charge is 0.303 e. The Labute approximate surface area is 144 Å².